The Morgan fingerprint density at radius 2 is 1.27 bits per heavy atom. The van der Waals surface area contributed by atoms with Crippen molar-refractivity contribution in [1.29, 1.82) is 0 Å². The highest BCUT2D eigenvalue weighted by atomic mass is 31.3. The van der Waals surface area contributed by atoms with E-state index >= 15 is 0 Å². The van der Waals surface area contributed by atoms with Gasteiger partial charge in [-0.25, -0.2) is 0 Å². The Balaban J connectivity index is 0. The van der Waals surface area contributed by atoms with Crippen LogP contribution >= 0.6 is 23.0 Å². The maximum atomic E-state index is 10.8. The first kappa shape index (κ1) is 27.5. The average Bonchev–Trinajstić information content (AvgIpc) is 2.43. The number of rotatable bonds is 12. The number of carbonyl (C=O) groups excluding carboxylic acids is 2. The average molecular weight is 433 g/mol. The van der Waals surface area contributed by atoms with Crippen molar-refractivity contribution in [1.82, 2.24) is 0 Å². The second kappa shape index (κ2) is 12.6. The second-order valence-corrected chi connectivity index (χ2v) is 9.79. The van der Waals surface area contributed by atoms with Gasteiger partial charge in [0.1, 0.15) is 7.60 Å². The Morgan fingerprint density at radius 1 is 0.885 bits per heavy atom. The standard InChI is InChI=1S/C6H12O7P2.C6H11O4P/c1-2-6(7)4-3-5-14(8,9)13-15(10,11)12;1-2-6(7)4-3-5-11(8,9)10/h2H,1,3-5H2,(H,8,9)(H2,10,11,12);2H,1,3-5H2,(H2,8,9,10)/p-3. The van der Waals surface area contributed by atoms with Gasteiger partial charge in [0.15, 0.2) is 11.6 Å². The SMILES string of the molecule is C=CC(=O)CCCP(=O)(O)O.C=CC(=O)CCCP(=O)([O-])OP(=O)([O-])[O-]. The molecule has 0 spiro atoms. The molecule has 0 saturated heterocycles. The van der Waals surface area contributed by atoms with E-state index in [-0.39, 0.29) is 43.4 Å². The highest BCUT2D eigenvalue weighted by Crippen LogP contribution is 2.49. The lowest BCUT2D eigenvalue weighted by molar-refractivity contribution is -0.337. The van der Waals surface area contributed by atoms with Crippen LogP contribution in [0.25, 0.3) is 0 Å². The van der Waals surface area contributed by atoms with Gasteiger partial charge >= 0.3 is 7.60 Å². The molecule has 0 aliphatic carbocycles. The van der Waals surface area contributed by atoms with Crippen LogP contribution in [0.15, 0.2) is 25.3 Å². The highest BCUT2D eigenvalue weighted by Gasteiger charge is 2.12. The van der Waals surface area contributed by atoms with Gasteiger partial charge in [0.05, 0.1) is 14.0 Å². The molecule has 0 radical (unpaired) electrons. The molecule has 0 saturated carbocycles. The Kier molecular flexibility index (Phi) is 13.3. The minimum atomic E-state index is -5.54. The molecule has 0 heterocycles. The van der Waals surface area contributed by atoms with Crippen LogP contribution in [0.4, 0.5) is 0 Å². The molecule has 0 bridgehead atoms. The third-order valence-corrected chi connectivity index (χ3v) is 5.97. The highest BCUT2D eigenvalue weighted by molar-refractivity contribution is 7.61. The number of ketones is 2. The van der Waals surface area contributed by atoms with Crippen molar-refractivity contribution < 1.29 is 52.1 Å². The molecule has 0 fully saturated rings. The summed E-state index contributed by atoms with van der Waals surface area (Å²) in [7, 11) is -14.2. The molecule has 152 valence electrons. The molecule has 11 nitrogen and oxygen atoms in total. The van der Waals surface area contributed by atoms with Crippen LogP contribution in [0.2, 0.25) is 0 Å². The molecule has 0 aromatic carbocycles. The largest absolute Gasteiger partial charge is 0.790 e. The molecule has 0 aromatic rings. The van der Waals surface area contributed by atoms with E-state index in [0.29, 0.717) is 0 Å². The predicted molar refractivity (Wildman–Crippen MR) is 87.0 cm³/mol. The topological polar surface area (TPSA) is 204 Å². The van der Waals surface area contributed by atoms with Gasteiger partial charge in [-0.15, -0.1) is 0 Å². The molecule has 0 amide bonds. The quantitative estimate of drug-likeness (QED) is 0.300. The molecule has 0 aromatic heterocycles. The van der Waals surface area contributed by atoms with Crippen molar-refractivity contribution in [2.45, 2.75) is 25.7 Å². The monoisotopic (exact) mass is 433 g/mol. The van der Waals surface area contributed by atoms with Gasteiger partial charge in [-0.2, -0.15) is 0 Å². The van der Waals surface area contributed by atoms with Crippen molar-refractivity contribution in [3.05, 3.63) is 25.3 Å². The first-order valence-electron chi connectivity index (χ1n) is 7.00. The number of allylic oxidation sites excluding steroid dienone is 2. The fourth-order valence-electron chi connectivity index (χ4n) is 1.30. The van der Waals surface area contributed by atoms with E-state index in [4.69, 9.17) is 9.79 Å². The molecule has 26 heavy (non-hydrogen) atoms. The number of carbonyl (C=O) groups is 2. The van der Waals surface area contributed by atoms with Crippen LogP contribution < -0.4 is 14.7 Å². The van der Waals surface area contributed by atoms with Crippen LogP contribution in [-0.4, -0.2) is 33.7 Å². The molecule has 0 rings (SSSR count). The van der Waals surface area contributed by atoms with Crippen LogP contribution in [0, 0.1) is 0 Å². The van der Waals surface area contributed by atoms with E-state index in [1.165, 1.54) is 0 Å². The molecule has 2 N–H and O–H groups in total. The zero-order chi connectivity index (χ0) is 21.0. The van der Waals surface area contributed by atoms with Gasteiger partial charge in [-0.3, -0.25) is 14.2 Å². The van der Waals surface area contributed by atoms with E-state index < -0.39 is 29.2 Å². The maximum Gasteiger partial charge on any atom is 0.325 e. The Hall–Kier alpha value is -0.730. The first-order valence-corrected chi connectivity index (χ1v) is 12.0. The smallest absolute Gasteiger partial charge is 0.325 e. The Bertz CT molecular complexity index is 630. The molecule has 14 heteroatoms. The molecule has 0 aliphatic rings. The fraction of sp³-hybridized carbons (Fsp3) is 0.500. The van der Waals surface area contributed by atoms with Crippen LogP contribution in [0.3, 0.4) is 0 Å². The summed E-state index contributed by atoms with van der Waals surface area (Å²) in [5, 5.41) is 0. The second-order valence-electron chi connectivity index (χ2n) is 4.80. The summed E-state index contributed by atoms with van der Waals surface area (Å²) in [6, 6.07) is 0. The minimum absolute atomic E-state index is 0.0961. The fourth-order valence-corrected chi connectivity index (χ4v) is 3.96. The molecular weight excluding hydrogens is 413 g/mol. The van der Waals surface area contributed by atoms with E-state index in [1.54, 1.807) is 0 Å². The zero-order valence-electron chi connectivity index (χ0n) is 13.7. The van der Waals surface area contributed by atoms with Crippen molar-refractivity contribution in [3.63, 3.8) is 0 Å². The third kappa shape index (κ3) is 21.3. The molecular formula is C12H20O11P3-3. The maximum absolute atomic E-state index is 10.8. The van der Waals surface area contributed by atoms with Crippen LogP contribution in [0.5, 0.6) is 0 Å². The van der Waals surface area contributed by atoms with Gasteiger partial charge in [-0.05, 0) is 25.0 Å². The molecule has 1 atom stereocenters. The lowest BCUT2D eigenvalue weighted by Crippen LogP contribution is -2.19. The summed E-state index contributed by atoms with van der Waals surface area (Å²) in [6.07, 6.45) is 1.42. The summed E-state index contributed by atoms with van der Waals surface area (Å²) in [4.78, 5) is 68.7. The summed E-state index contributed by atoms with van der Waals surface area (Å²) in [5.41, 5.74) is 0. The lowest BCUT2D eigenvalue weighted by Gasteiger charge is -2.35. The van der Waals surface area contributed by atoms with Crippen LogP contribution in [0.1, 0.15) is 25.7 Å². The van der Waals surface area contributed by atoms with Crippen molar-refractivity contribution >= 4 is 34.6 Å². The summed E-state index contributed by atoms with van der Waals surface area (Å²) in [6.45, 7) is 6.39. The van der Waals surface area contributed by atoms with Gasteiger partial charge < -0.3 is 37.9 Å². The van der Waals surface area contributed by atoms with Gasteiger partial charge in [-0.1, -0.05) is 13.2 Å². The van der Waals surface area contributed by atoms with E-state index in [0.717, 1.165) is 12.2 Å². The van der Waals surface area contributed by atoms with E-state index in [9.17, 15) is 38.0 Å². The van der Waals surface area contributed by atoms with Crippen molar-refractivity contribution in [3.8, 4) is 0 Å². The normalized spacial score (nSPS) is 13.7. The van der Waals surface area contributed by atoms with Crippen LogP contribution in [-0.2, 0) is 27.6 Å². The zero-order valence-corrected chi connectivity index (χ0v) is 16.4. The number of hydrogen-bond acceptors (Lipinski definition) is 9. The van der Waals surface area contributed by atoms with Gasteiger partial charge in [0.2, 0.25) is 0 Å². The van der Waals surface area contributed by atoms with E-state index in [1.807, 2.05) is 0 Å². The van der Waals surface area contributed by atoms with E-state index in [2.05, 4.69) is 17.5 Å². The first-order chi connectivity index (χ1) is 11.6. The summed E-state index contributed by atoms with van der Waals surface area (Å²) < 4.78 is 34.4. The van der Waals surface area contributed by atoms with Gasteiger partial charge in [0, 0.05) is 19.0 Å². The summed E-state index contributed by atoms with van der Waals surface area (Å²) >= 11 is 0. The van der Waals surface area contributed by atoms with Crippen molar-refractivity contribution in [2.75, 3.05) is 12.3 Å². The summed E-state index contributed by atoms with van der Waals surface area (Å²) in [5.74, 6) is -0.555. The number of phosphoric acid groups is 1. The Labute approximate surface area is 150 Å². The lowest BCUT2D eigenvalue weighted by atomic mass is 10.2. The Morgan fingerprint density at radius 3 is 1.58 bits per heavy atom. The van der Waals surface area contributed by atoms with Gasteiger partial charge in [0.25, 0.3) is 0 Å². The predicted octanol–water partition coefficient (Wildman–Crippen LogP) is -0.380. The number of hydrogen-bond donors (Lipinski definition) is 2. The molecule has 1 unspecified atom stereocenters. The van der Waals surface area contributed by atoms with Crippen molar-refractivity contribution in [2.24, 2.45) is 0 Å². The minimum Gasteiger partial charge on any atom is -0.790 e. The third-order valence-electron chi connectivity index (χ3n) is 2.41. The molecule has 0 aliphatic heterocycles.